The third kappa shape index (κ3) is 2.81. The van der Waals surface area contributed by atoms with Crippen molar-refractivity contribution in [2.75, 3.05) is 0 Å². The molecule has 7 heteroatoms. The van der Waals surface area contributed by atoms with Gasteiger partial charge in [-0.15, -0.1) is 0 Å². The van der Waals surface area contributed by atoms with Crippen LogP contribution in [0.5, 0.6) is 0 Å². The first-order chi connectivity index (χ1) is 7.82. The minimum Gasteiger partial charge on any atom is -0.229 e. The predicted molar refractivity (Wildman–Crippen MR) is 69.1 cm³/mol. The van der Waals surface area contributed by atoms with Crippen LogP contribution < -0.4 is 4.72 Å². The number of rotatable bonds is 3. The minimum atomic E-state index is -3.49. The molecule has 1 heterocycles. The maximum Gasteiger partial charge on any atom is 0.252 e. The average molecular weight is 295 g/mol. The first-order valence-corrected chi connectivity index (χ1v) is 8.17. The Morgan fingerprint density at radius 1 is 1.41 bits per heavy atom. The highest BCUT2D eigenvalue weighted by atomic mass is 35.5. The Kier molecular flexibility index (Phi) is 3.51. The quantitative estimate of drug-likeness (QED) is 0.932. The van der Waals surface area contributed by atoms with Gasteiger partial charge in [0.2, 0.25) is 0 Å². The smallest absolute Gasteiger partial charge is 0.229 e. The Morgan fingerprint density at radius 3 is 2.47 bits per heavy atom. The summed E-state index contributed by atoms with van der Waals surface area (Å²) in [5, 5.41) is 0. The molecule has 0 aromatic carbocycles. The molecular weight excluding hydrogens is 280 g/mol. The van der Waals surface area contributed by atoms with Crippen molar-refractivity contribution in [3.8, 4) is 0 Å². The molecule has 96 valence electrons. The van der Waals surface area contributed by atoms with Crippen LogP contribution in [0.2, 0.25) is 4.47 Å². The summed E-state index contributed by atoms with van der Waals surface area (Å²) in [5.74, 6) is 0. The number of nitrogens with zero attached hydrogens (tertiary/aromatic N) is 1. The first kappa shape index (κ1) is 13.3. The van der Waals surface area contributed by atoms with Gasteiger partial charge < -0.3 is 0 Å². The van der Waals surface area contributed by atoms with Crippen molar-refractivity contribution in [2.24, 2.45) is 0 Å². The van der Waals surface area contributed by atoms with Crippen LogP contribution in [0.3, 0.4) is 0 Å². The van der Waals surface area contributed by atoms with Crippen molar-refractivity contribution in [3.05, 3.63) is 10.2 Å². The summed E-state index contributed by atoms with van der Waals surface area (Å²) in [6.45, 7) is 3.61. The van der Waals surface area contributed by atoms with Gasteiger partial charge in [-0.3, -0.25) is 0 Å². The lowest BCUT2D eigenvalue weighted by Crippen LogP contribution is -2.43. The van der Waals surface area contributed by atoms with Gasteiger partial charge in [0.1, 0.15) is 0 Å². The van der Waals surface area contributed by atoms with E-state index in [-0.39, 0.29) is 14.2 Å². The number of thiazole rings is 1. The van der Waals surface area contributed by atoms with Gasteiger partial charge in [-0.25, -0.2) is 18.1 Å². The zero-order valence-corrected chi connectivity index (χ0v) is 12.2. The Morgan fingerprint density at radius 2 is 2.00 bits per heavy atom. The van der Waals surface area contributed by atoms with E-state index in [1.807, 2.05) is 6.92 Å². The number of sulfonamides is 1. The van der Waals surface area contributed by atoms with E-state index in [2.05, 4.69) is 9.71 Å². The molecule has 1 saturated carbocycles. The highest BCUT2D eigenvalue weighted by Crippen LogP contribution is 2.33. The second-order valence-corrected chi connectivity index (χ2v) is 8.17. The maximum atomic E-state index is 12.2. The van der Waals surface area contributed by atoms with Crippen LogP contribution >= 0.6 is 22.9 Å². The van der Waals surface area contributed by atoms with E-state index in [1.54, 1.807) is 6.92 Å². The average Bonchev–Trinajstić information content (AvgIpc) is 2.72. The van der Waals surface area contributed by atoms with Crippen molar-refractivity contribution in [1.82, 2.24) is 9.71 Å². The number of nitrogens with one attached hydrogen (secondary N) is 1. The van der Waals surface area contributed by atoms with Crippen molar-refractivity contribution < 1.29 is 8.42 Å². The normalized spacial score (nSPS) is 19.7. The highest BCUT2D eigenvalue weighted by molar-refractivity contribution is 7.91. The molecule has 1 fully saturated rings. The van der Waals surface area contributed by atoms with Gasteiger partial charge in [0.05, 0.1) is 5.69 Å². The molecule has 0 atom stereocenters. The standard InChI is InChI=1S/C10H15ClN2O2S2/c1-7-8(16-9(11)12-7)17(14,15)13-10(2)5-3-4-6-10/h13H,3-6H2,1-2H3. The van der Waals surface area contributed by atoms with E-state index in [4.69, 9.17) is 11.6 Å². The van der Waals surface area contributed by atoms with Gasteiger partial charge in [-0.05, 0) is 26.7 Å². The van der Waals surface area contributed by atoms with E-state index in [0.717, 1.165) is 37.0 Å². The van der Waals surface area contributed by atoms with Gasteiger partial charge in [-0.2, -0.15) is 0 Å². The lowest BCUT2D eigenvalue weighted by atomic mass is 10.0. The van der Waals surface area contributed by atoms with Crippen LogP contribution in [0.15, 0.2) is 4.21 Å². The van der Waals surface area contributed by atoms with Crippen molar-refractivity contribution in [1.29, 1.82) is 0 Å². The molecule has 1 aliphatic rings. The number of aromatic nitrogens is 1. The minimum absolute atomic E-state index is 0.232. The number of hydrogen-bond acceptors (Lipinski definition) is 4. The molecule has 0 unspecified atom stereocenters. The van der Waals surface area contributed by atoms with Crippen LogP contribution in [0.25, 0.3) is 0 Å². The molecule has 0 spiro atoms. The van der Waals surface area contributed by atoms with Crippen LogP contribution in [0.1, 0.15) is 38.3 Å². The molecule has 1 N–H and O–H groups in total. The van der Waals surface area contributed by atoms with Crippen LogP contribution in [-0.2, 0) is 10.0 Å². The number of halogens is 1. The predicted octanol–water partition coefficient (Wildman–Crippen LogP) is 2.72. The van der Waals surface area contributed by atoms with E-state index in [9.17, 15) is 8.42 Å². The molecule has 0 radical (unpaired) electrons. The third-order valence-electron chi connectivity index (χ3n) is 3.06. The van der Waals surface area contributed by atoms with Crippen LogP contribution in [0, 0.1) is 6.92 Å². The van der Waals surface area contributed by atoms with E-state index < -0.39 is 10.0 Å². The molecule has 4 nitrogen and oxygen atoms in total. The Hall–Kier alpha value is -0.170. The molecule has 0 saturated heterocycles. The fraction of sp³-hybridized carbons (Fsp3) is 0.700. The van der Waals surface area contributed by atoms with E-state index >= 15 is 0 Å². The fourth-order valence-corrected chi connectivity index (χ4v) is 5.43. The number of hydrogen-bond donors (Lipinski definition) is 1. The lowest BCUT2D eigenvalue weighted by molar-refractivity contribution is 0.428. The summed E-state index contributed by atoms with van der Waals surface area (Å²) < 4.78 is 27.7. The molecular formula is C10H15ClN2O2S2. The second kappa shape index (κ2) is 4.50. The summed E-state index contributed by atoms with van der Waals surface area (Å²) in [6.07, 6.45) is 3.92. The molecule has 0 aliphatic heterocycles. The van der Waals surface area contributed by atoms with Crippen molar-refractivity contribution in [3.63, 3.8) is 0 Å². The zero-order valence-electron chi connectivity index (χ0n) is 9.79. The Bertz CT molecular complexity index is 518. The van der Waals surface area contributed by atoms with Gasteiger partial charge in [0.25, 0.3) is 10.0 Å². The topological polar surface area (TPSA) is 59.1 Å². The molecule has 17 heavy (non-hydrogen) atoms. The van der Waals surface area contributed by atoms with E-state index in [0.29, 0.717) is 5.69 Å². The molecule has 2 rings (SSSR count). The summed E-state index contributed by atoms with van der Waals surface area (Å²) in [6, 6.07) is 0. The molecule has 1 aromatic rings. The Labute approximate surface area is 110 Å². The number of aryl methyl sites for hydroxylation is 1. The second-order valence-electron chi connectivity index (χ2n) is 4.71. The zero-order chi connectivity index (χ0) is 12.7. The van der Waals surface area contributed by atoms with Gasteiger partial charge in [0, 0.05) is 5.54 Å². The monoisotopic (exact) mass is 294 g/mol. The van der Waals surface area contributed by atoms with E-state index in [1.165, 1.54) is 0 Å². The first-order valence-electron chi connectivity index (χ1n) is 5.49. The summed E-state index contributed by atoms with van der Waals surface area (Å²) in [5.41, 5.74) is 0.149. The molecule has 1 aliphatic carbocycles. The summed E-state index contributed by atoms with van der Waals surface area (Å²) >= 11 is 6.75. The summed E-state index contributed by atoms with van der Waals surface area (Å²) in [7, 11) is -3.49. The van der Waals surface area contributed by atoms with Crippen molar-refractivity contribution >= 4 is 33.0 Å². The van der Waals surface area contributed by atoms with Gasteiger partial charge in [-0.1, -0.05) is 35.8 Å². The molecule has 0 bridgehead atoms. The largest absolute Gasteiger partial charge is 0.252 e. The molecule has 1 aromatic heterocycles. The molecule has 0 amide bonds. The Balaban J connectivity index is 2.28. The van der Waals surface area contributed by atoms with Gasteiger partial charge >= 0.3 is 0 Å². The van der Waals surface area contributed by atoms with Gasteiger partial charge in [0.15, 0.2) is 8.68 Å². The summed E-state index contributed by atoms with van der Waals surface area (Å²) in [4.78, 5) is 3.94. The lowest BCUT2D eigenvalue weighted by Gasteiger charge is -2.24. The fourth-order valence-electron chi connectivity index (χ4n) is 2.23. The third-order valence-corrected chi connectivity index (χ3v) is 6.57. The maximum absolute atomic E-state index is 12.2. The van der Waals surface area contributed by atoms with Crippen LogP contribution in [-0.4, -0.2) is 18.9 Å². The highest BCUT2D eigenvalue weighted by Gasteiger charge is 2.35. The van der Waals surface area contributed by atoms with Crippen molar-refractivity contribution in [2.45, 2.75) is 49.3 Å². The SMILES string of the molecule is Cc1nc(Cl)sc1S(=O)(=O)NC1(C)CCCC1. The van der Waals surface area contributed by atoms with Crippen LogP contribution in [0.4, 0.5) is 0 Å².